The van der Waals surface area contributed by atoms with Crippen molar-refractivity contribution in [2.24, 2.45) is 5.92 Å². The van der Waals surface area contributed by atoms with Crippen molar-refractivity contribution in [1.29, 1.82) is 0 Å². The number of alkyl halides is 2. The molecule has 4 nitrogen and oxygen atoms in total. The Hall–Kier alpha value is -1.53. The van der Waals surface area contributed by atoms with Gasteiger partial charge in [-0.3, -0.25) is 4.79 Å². The maximum absolute atomic E-state index is 11.8. The van der Waals surface area contributed by atoms with E-state index in [2.05, 4.69) is 5.32 Å². The lowest BCUT2D eigenvalue weighted by Crippen LogP contribution is -2.30. The van der Waals surface area contributed by atoms with Crippen LogP contribution in [0.1, 0.15) is 12.5 Å². The quantitative estimate of drug-likeness (QED) is 0.532. The molecule has 6 heteroatoms. The molecule has 0 radical (unpaired) electrons. The van der Waals surface area contributed by atoms with Crippen molar-refractivity contribution in [2.75, 3.05) is 26.3 Å². The van der Waals surface area contributed by atoms with E-state index >= 15 is 0 Å². The number of hydrogen-bond donors (Lipinski definition) is 1. The molecule has 0 aliphatic heterocycles. The first-order chi connectivity index (χ1) is 10.1. The van der Waals surface area contributed by atoms with E-state index in [-0.39, 0.29) is 25.1 Å². The van der Waals surface area contributed by atoms with Gasteiger partial charge in [0.25, 0.3) is 6.43 Å². The van der Waals surface area contributed by atoms with Crippen LogP contribution >= 0.6 is 0 Å². The average molecular weight is 301 g/mol. The highest BCUT2D eigenvalue weighted by Gasteiger charge is 2.13. The molecule has 0 saturated heterocycles. The van der Waals surface area contributed by atoms with Gasteiger partial charge in [-0.25, -0.2) is 8.78 Å². The lowest BCUT2D eigenvalue weighted by Gasteiger charge is -2.12. The van der Waals surface area contributed by atoms with Crippen LogP contribution in [-0.2, 0) is 20.9 Å². The number of halogens is 2. The third-order valence-electron chi connectivity index (χ3n) is 2.74. The lowest BCUT2D eigenvalue weighted by molar-refractivity contribution is -0.149. The Bertz CT molecular complexity index is 401. The molecule has 0 aliphatic carbocycles. The predicted molar refractivity (Wildman–Crippen MR) is 75.1 cm³/mol. The number of carbonyl (C=O) groups is 1. The zero-order chi connectivity index (χ0) is 15.5. The molecule has 118 valence electrons. The van der Waals surface area contributed by atoms with Crippen molar-refractivity contribution in [1.82, 2.24) is 5.32 Å². The first-order valence-corrected chi connectivity index (χ1v) is 6.86. The summed E-state index contributed by atoms with van der Waals surface area (Å²) in [5.74, 6) is -0.594. The summed E-state index contributed by atoms with van der Waals surface area (Å²) < 4.78 is 33.5. The first kappa shape index (κ1) is 17.5. The highest BCUT2D eigenvalue weighted by molar-refractivity contribution is 5.72. The Labute approximate surface area is 123 Å². The van der Waals surface area contributed by atoms with Crippen LogP contribution in [0, 0.1) is 5.92 Å². The van der Waals surface area contributed by atoms with Gasteiger partial charge in [0, 0.05) is 13.1 Å². The summed E-state index contributed by atoms with van der Waals surface area (Å²) in [6.07, 6.45) is -2.45. The third-order valence-corrected chi connectivity index (χ3v) is 2.74. The van der Waals surface area contributed by atoms with Gasteiger partial charge in [0.2, 0.25) is 0 Å². The molecule has 1 atom stereocenters. The molecule has 0 spiro atoms. The van der Waals surface area contributed by atoms with Crippen LogP contribution < -0.4 is 5.32 Å². The Morgan fingerprint density at radius 1 is 1.29 bits per heavy atom. The van der Waals surface area contributed by atoms with Gasteiger partial charge in [0.15, 0.2) is 0 Å². The van der Waals surface area contributed by atoms with Crippen LogP contribution in [0.5, 0.6) is 0 Å². The van der Waals surface area contributed by atoms with Crippen LogP contribution in [0.3, 0.4) is 0 Å². The van der Waals surface area contributed by atoms with E-state index in [1.807, 2.05) is 30.3 Å². The van der Waals surface area contributed by atoms with Gasteiger partial charge in [0.1, 0.15) is 13.2 Å². The fraction of sp³-hybridized carbons (Fsp3) is 0.533. The molecule has 1 aromatic rings. The zero-order valence-corrected chi connectivity index (χ0v) is 12.1. The first-order valence-electron chi connectivity index (χ1n) is 6.86. The molecule has 1 rings (SSSR count). The second kappa shape index (κ2) is 10.2. The van der Waals surface area contributed by atoms with Crippen molar-refractivity contribution in [3.05, 3.63) is 35.9 Å². The van der Waals surface area contributed by atoms with Gasteiger partial charge in [-0.1, -0.05) is 37.3 Å². The van der Waals surface area contributed by atoms with Gasteiger partial charge in [0.05, 0.1) is 12.5 Å². The Morgan fingerprint density at radius 3 is 2.67 bits per heavy atom. The third kappa shape index (κ3) is 8.37. The van der Waals surface area contributed by atoms with Gasteiger partial charge in [-0.2, -0.15) is 0 Å². The molecule has 0 amide bonds. The fourth-order valence-electron chi connectivity index (χ4n) is 1.59. The SMILES string of the molecule is CC(CNCCOCC(F)F)C(=O)OCc1ccccc1. The largest absolute Gasteiger partial charge is 0.461 e. The van der Waals surface area contributed by atoms with E-state index in [0.717, 1.165) is 5.56 Å². The van der Waals surface area contributed by atoms with Gasteiger partial charge < -0.3 is 14.8 Å². The standard InChI is InChI=1S/C15H21F2NO3/c1-12(9-18-7-8-20-11-14(16)17)15(19)21-10-13-5-3-2-4-6-13/h2-6,12,14,18H,7-11H2,1H3. The smallest absolute Gasteiger partial charge is 0.310 e. The highest BCUT2D eigenvalue weighted by Crippen LogP contribution is 2.04. The summed E-state index contributed by atoms with van der Waals surface area (Å²) in [6.45, 7) is 2.48. The second-order valence-electron chi connectivity index (χ2n) is 4.66. The Morgan fingerprint density at radius 2 is 2.00 bits per heavy atom. The summed E-state index contributed by atoms with van der Waals surface area (Å²) in [5, 5.41) is 2.97. The molecular weight excluding hydrogens is 280 g/mol. The molecule has 0 saturated carbocycles. The second-order valence-corrected chi connectivity index (χ2v) is 4.66. The van der Waals surface area contributed by atoms with Crippen LogP contribution in [0.2, 0.25) is 0 Å². The molecule has 0 aliphatic rings. The number of benzene rings is 1. The number of ether oxygens (including phenoxy) is 2. The van der Waals surface area contributed by atoms with Gasteiger partial charge in [-0.15, -0.1) is 0 Å². The lowest BCUT2D eigenvalue weighted by atomic mass is 10.2. The fourth-order valence-corrected chi connectivity index (χ4v) is 1.59. The molecule has 0 aromatic heterocycles. The zero-order valence-electron chi connectivity index (χ0n) is 12.1. The van der Waals surface area contributed by atoms with Crippen molar-refractivity contribution < 1.29 is 23.0 Å². The minimum absolute atomic E-state index is 0.191. The maximum Gasteiger partial charge on any atom is 0.310 e. The number of hydrogen-bond acceptors (Lipinski definition) is 4. The molecule has 0 bridgehead atoms. The van der Waals surface area contributed by atoms with E-state index in [4.69, 9.17) is 9.47 Å². The van der Waals surface area contributed by atoms with Crippen LogP contribution in [-0.4, -0.2) is 38.7 Å². The minimum atomic E-state index is -2.45. The summed E-state index contributed by atoms with van der Waals surface area (Å²) in [4.78, 5) is 11.7. The number of nitrogens with one attached hydrogen (secondary N) is 1. The van der Waals surface area contributed by atoms with E-state index < -0.39 is 13.0 Å². The van der Waals surface area contributed by atoms with Crippen molar-refractivity contribution >= 4 is 5.97 Å². The Kier molecular flexibility index (Phi) is 8.54. The van der Waals surface area contributed by atoms with E-state index in [0.29, 0.717) is 13.1 Å². The van der Waals surface area contributed by atoms with Gasteiger partial charge >= 0.3 is 5.97 Å². The number of esters is 1. The van der Waals surface area contributed by atoms with E-state index in [1.54, 1.807) is 6.92 Å². The average Bonchev–Trinajstić information content (AvgIpc) is 2.48. The summed E-state index contributed by atoms with van der Waals surface area (Å²) in [5.41, 5.74) is 0.936. The Balaban J connectivity index is 2.08. The van der Waals surface area contributed by atoms with Crippen LogP contribution in [0.25, 0.3) is 0 Å². The molecule has 0 heterocycles. The molecule has 0 fully saturated rings. The molecule has 1 unspecified atom stereocenters. The molecule has 1 aromatic carbocycles. The maximum atomic E-state index is 11.8. The van der Waals surface area contributed by atoms with E-state index in [9.17, 15) is 13.6 Å². The van der Waals surface area contributed by atoms with Crippen molar-refractivity contribution in [3.8, 4) is 0 Å². The minimum Gasteiger partial charge on any atom is -0.461 e. The molecule has 21 heavy (non-hydrogen) atoms. The topological polar surface area (TPSA) is 47.6 Å². The van der Waals surface area contributed by atoms with Crippen LogP contribution in [0.15, 0.2) is 30.3 Å². The predicted octanol–water partition coefficient (Wildman–Crippen LogP) is 2.24. The summed E-state index contributed by atoms with van der Waals surface area (Å²) >= 11 is 0. The van der Waals surface area contributed by atoms with Crippen molar-refractivity contribution in [3.63, 3.8) is 0 Å². The molecular formula is C15H21F2NO3. The molecule has 1 N–H and O–H groups in total. The normalized spacial score (nSPS) is 12.4. The van der Waals surface area contributed by atoms with Gasteiger partial charge in [-0.05, 0) is 5.56 Å². The highest BCUT2D eigenvalue weighted by atomic mass is 19.3. The summed E-state index contributed by atoms with van der Waals surface area (Å²) in [7, 11) is 0. The van der Waals surface area contributed by atoms with Crippen LogP contribution in [0.4, 0.5) is 8.78 Å². The summed E-state index contributed by atoms with van der Waals surface area (Å²) in [6, 6.07) is 9.43. The number of rotatable bonds is 10. The van der Waals surface area contributed by atoms with E-state index in [1.165, 1.54) is 0 Å². The number of carbonyl (C=O) groups excluding carboxylic acids is 1. The monoisotopic (exact) mass is 301 g/mol. The van der Waals surface area contributed by atoms with Crippen molar-refractivity contribution in [2.45, 2.75) is 20.0 Å².